The standard InChI is InChI=1S/C14H17Cl2N3O/c1-20-6-5-17-7-12-9-19(10-18-12)8-11-3-2-4-13(15)14(11)16/h2-4,9-10,17H,5-8H2,1H3. The van der Waals surface area contributed by atoms with E-state index in [4.69, 9.17) is 27.9 Å². The average molecular weight is 314 g/mol. The molecule has 0 saturated heterocycles. The largest absolute Gasteiger partial charge is 0.383 e. The molecule has 1 aromatic heterocycles. The Hall–Kier alpha value is -1.07. The molecule has 1 heterocycles. The van der Waals surface area contributed by atoms with Crippen LogP contribution < -0.4 is 5.32 Å². The summed E-state index contributed by atoms with van der Waals surface area (Å²) in [6, 6.07) is 5.64. The quantitative estimate of drug-likeness (QED) is 0.799. The zero-order valence-corrected chi connectivity index (χ0v) is 12.8. The van der Waals surface area contributed by atoms with Crippen molar-refractivity contribution in [1.82, 2.24) is 14.9 Å². The van der Waals surface area contributed by atoms with Gasteiger partial charge >= 0.3 is 0 Å². The second-order valence-corrected chi connectivity index (χ2v) is 5.21. The summed E-state index contributed by atoms with van der Waals surface area (Å²) in [7, 11) is 1.69. The second kappa shape index (κ2) is 7.64. The van der Waals surface area contributed by atoms with Crippen LogP contribution in [-0.4, -0.2) is 29.8 Å². The Kier molecular flexibility index (Phi) is 5.86. The van der Waals surface area contributed by atoms with E-state index in [0.29, 0.717) is 23.2 Å². The fourth-order valence-corrected chi connectivity index (χ4v) is 2.22. The number of imidazole rings is 1. The van der Waals surface area contributed by atoms with E-state index >= 15 is 0 Å². The Labute approximate surface area is 128 Å². The van der Waals surface area contributed by atoms with Crippen LogP contribution in [0.1, 0.15) is 11.3 Å². The number of aromatic nitrogens is 2. The SMILES string of the molecule is COCCNCc1cn(Cc2cccc(Cl)c2Cl)cn1. The molecule has 2 rings (SSSR count). The number of ether oxygens (including phenoxy) is 1. The lowest BCUT2D eigenvalue weighted by Gasteiger charge is -2.06. The topological polar surface area (TPSA) is 39.1 Å². The highest BCUT2D eigenvalue weighted by Gasteiger charge is 2.05. The molecular formula is C14H17Cl2N3O. The third-order valence-corrected chi connectivity index (χ3v) is 3.72. The van der Waals surface area contributed by atoms with Crippen LogP contribution in [0, 0.1) is 0 Å². The van der Waals surface area contributed by atoms with Crippen molar-refractivity contribution in [3.63, 3.8) is 0 Å². The maximum absolute atomic E-state index is 6.18. The summed E-state index contributed by atoms with van der Waals surface area (Å²) < 4.78 is 6.96. The van der Waals surface area contributed by atoms with Gasteiger partial charge in [0.2, 0.25) is 0 Å². The molecule has 0 bridgehead atoms. The monoisotopic (exact) mass is 313 g/mol. The second-order valence-electron chi connectivity index (χ2n) is 4.42. The van der Waals surface area contributed by atoms with Crippen LogP contribution in [0.5, 0.6) is 0 Å². The van der Waals surface area contributed by atoms with Crippen molar-refractivity contribution in [3.05, 3.63) is 52.0 Å². The van der Waals surface area contributed by atoms with Gasteiger partial charge in [-0.3, -0.25) is 0 Å². The summed E-state index contributed by atoms with van der Waals surface area (Å²) >= 11 is 12.2. The van der Waals surface area contributed by atoms with Crippen LogP contribution in [0.3, 0.4) is 0 Å². The average Bonchev–Trinajstić information content (AvgIpc) is 2.88. The van der Waals surface area contributed by atoms with Crippen molar-refractivity contribution >= 4 is 23.2 Å². The predicted octanol–water partition coefficient (Wildman–Crippen LogP) is 2.97. The number of benzene rings is 1. The van der Waals surface area contributed by atoms with Gasteiger partial charge in [0.1, 0.15) is 0 Å². The van der Waals surface area contributed by atoms with Gasteiger partial charge < -0.3 is 14.6 Å². The number of halogens is 2. The van der Waals surface area contributed by atoms with Gasteiger partial charge in [-0.05, 0) is 11.6 Å². The van der Waals surface area contributed by atoms with Crippen LogP contribution >= 0.6 is 23.2 Å². The first-order chi connectivity index (χ1) is 9.70. The van der Waals surface area contributed by atoms with E-state index in [0.717, 1.165) is 24.3 Å². The maximum atomic E-state index is 6.18. The Morgan fingerprint density at radius 3 is 3.00 bits per heavy atom. The van der Waals surface area contributed by atoms with E-state index in [1.165, 1.54) is 0 Å². The lowest BCUT2D eigenvalue weighted by atomic mass is 10.2. The predicted molar refractivity (Wildman–Crippen MR) is 81.4 cm³/mol. The molecule has 0 saturated carbocycles. The van der Waals surface area contributed by atoms with Gasteiger partial charge in [-0.1, -0.05) is 35.3 Å². The molecule has 20 heavy (non-hydrogen) atoms. The Morgan fingerprint density at radius 2 is 2.20 bits per heavy atom. The molecule has 108 valence electrons. The lowest BCUT2D eigenvalue weighted by molar-refractivity contribution is 0.199. The maximum Gasteiger partial charge on any atom is 0.0953 e. The molecule has 0 atom stereocenters. The normalized spacial score (nSPS) is 10.9. The lowest BCUT2D eigenvalue weighted by Crippen LogP contribution is -2.18. The summed E-state index contributed by atoms with van der Waals surface area (Å²) in [6.45, 7) is 2.88. The summed E-state index contributed by atoms with van der Waals surface area (Å²) in [5.74, 6) is 0. The molecule has 2 aromatic rings. The van der Waals surface area contributed by atoms with Crippen LogP contribution in [0.15, 0.2) is 30.7 Å². The van der Waals surface area contributed by atoms with E-state index < -0.39 is 0 Å². The van der Waals surface area contributed by atoms with Gasteiger partial charge in [0.05, 0.1) is 35.2 Å². The summed E-state index contributed by atoms with van der Waals surface area (Å²) in [5.41, 5.74) is 1.97. The fraction of sp³-hybridized carbons (Fsp3) is 0.357. The molecule has 0 fully saturated rings. The van der Waals surface area contributed by atoms with E-state index in [1.807, 2.05) is 22.9 Å². The van der Waals surface area contributed by atoms with E-state index in [9.17, 15) is 0 Å². The summed E-state index contributed by atoms with van der Waals surface area (Å²) in [5, 5.41) is 4.43. The van der Waals surface area contributed by atoms with Gasteiger partial charge in [0, 0.05) is 26.4 Å². The highest BCUT2D eigenvalue weighted by Crippen LogP contribution is 2.26. The Bertz CT molecular complexity index is 557. The van der Waals surface area contributed by atoms with Crippen molar-refractivity contribution in [3.8, 4) is 0 Å². The van der Waals surface area contributed by atoms with Gasteiger partial charge in [0.15, 0.2) is 0 Å². The number of hydrogen-bond acceptors (Lipinski definition) is 3. The molecule has 4 nitrogen and oxygen atoms in total. The van der Waals surface area contributed by atoms with Gasteiger partial charge in [-0.15, -0.1) is 0 Å². The number of hydrogen-bond donors (Lipinski definition) is 1. The number of nitrogens with one attached hydrogen (secondary N) is 1. The summed E-state index contributed by atoms with van der Waals surface area (Å²) in [6.07, 6.45) is 3.79. The van der Waals surface area contributed by atoms with E-state index in [-0.39, 0.29) is 0 Å². The summed E-state index contributed by atoms with van der Waals surface area (Å²) in [4.78, 5) is 4.35. The van der Waals surface area contributed by atoms with Crippen LogP contribution in [-0.2, 0) is 17.8 Å². The molecule has 0 spiro atoms. The number of methoxy groups -OCH3 is 1. The Balaban J connectivity index is 1.94. The van der Waals surface area contributed by atoms with Crippen LogP contribution in [0.4, 0.5) is 0 Å². The van der Waals surface area contributed by atoms with Crippen molar-refractivity contribution in [2.75, 3.05) is 20.3 Å². The third kappa shape index (κ3) is 4.21. The minimum atomic E-state index is 0.575. The highest BCUT2D eigenvalue weighted by molar-refractivity contribution is 6.42. The first kappa shape index (κ1) is 15.3. The smallest absolute Gasteiger partial charge is 0.0953 e. The molecule has 0 amide bonds. The van der Waals surface area contributed by atoms with Crippen LogP contribution in [0.25, 0.3) is 0 Å². The first-order valence-electron chi connectivity index (χ1n) is 6.34. The molecule has 1 N–H and O–H groups in total. The minimum absolute atomic E-state index is 0.575. The van der Waals surface area contributed by atoms with Gasteiger partial charge in [-0.25, -0.2) is 4.98 Å². The molecular weight excluding hydrogens is 297 g/mol. The van der Waals surface area contributed by atoms with E-state index in [1.54, 1.807) is 19.5 Å². The van der Waals surface area contributed by atoms with E-state index in [2.05, 4.69) is 10.3 Å². The fourth-order valence-electron chi connectivity index (χ4n) is 1.84. The molecule has 0 aliphatic carbocycles. The molecule has 0 radical (unpaired) electrons. The number of rotatable bonds is 7. The molecule has 6 heteroatoms. The number of nitrogens with zero attached hydrogens (tertiary/aromatic N) is 2. The third-order valence-electron chi connectivity index (χ3n) is 2.86. The van der Waals surface area contributed by atoms with Crippen molar-refractivity contribution < 1.29 is 4.74 Å². The Morgan fingerprint density at radius 1 is 1.35 bits per heavy atom. The first-order valence-corrected chi connectivity index (χ1v) is 7.09. The zero-order valence-electron chi connectivity index (χ0n) is 11.3. The van der Waals surface area contributed by atoms with Gasteiger partial charge in [-0.2, -0.15) is 0 Å². The van der Waals surface area contributed by atoms with Crippen molar-refractivity contribution in [2.45, 2.75) is 13.1 Å². The zero-order chi connectivity index (χ0) is 14.4. The minimum Gasteiger partial charge on any atom is -0.383 e. The molecule has 0 unspecified atom stereocenters. The van der Waals surface area contributed by atoms with Crippen LogP contribution in [0.2, 0.25) is 10.0 Å². The molecule has 1 aromatic carbocycles. The van der Waals surface area contributed by atoms with Crippen molar-refractivity contribution in [2.24, 2.45) is 0 Å². The van der Waals surface area contributed by atoms with Crippen molar-refractivity contribution in [1.29, 1.82) is 0 Å². The molecule has 0 aliphatic rings. The molecule has 0 aliphatic heterocycles. The van der Waals surface area contributed by atoms with Gasteiger partial charge in [0.25, 0.3) is 0 Å². The highest BCUT2D eigenvalue weighted by atomic mass is 35.5.